The third-order valence-electron chi connectivity index (χ3n) is 7.07. The Bertz CT molecular complexity index is 788. The summed E-state index contributed by atoms with van der Waals surface area (Å²) in [5.74, 6) is 0.246. The van der Waals surface area contributed by atoms with Crippen molar-refractivity contribution in [1.29, 1.82) is 0 Å². The number of aryl methyl sites for hydroxylation is 2. The van der Waals surface area contributed by atoms with Gasteiger partial charge in [-0.25, -0.2) is 0 Å². The van der Waals surface area contributed by atoms with Gasteiger partial charge in [0.2, 0.25) is 5.91 Å². The van der Waals surface area contributed by atoms with E-state index in [1.807, 2.05) is 4.90 Å². The second-order valence-electron chi connectivity index (χ2n) is 9.44. The van der Waals surface area contributed by atoms with Gasteiger partial charge in [0, 0.05) is 38.6 Å². The second-order valence-corrected chi connectivity index (χ2v) is 9.44. The van der Waals surface area contributed by atoms with Gasteiger partial charge in [-0.3, -0.25) is 14.5 Å². The number of hydrogen-bond acceptors (Lipinski definition) is 4. The van der Waals surface area contributed by atoms with Gasteiger partial charge >= 0.3 is 5.97 Å². The summed E-state index contributed by atoms with van der Waals surface area (Å²) in [4.78, 5) is 29.4. The molecule has 0 unspecified atom stereocenters. The van der Waals surface area contributed by atoms with E-state index >= 15 is 0 Å². The highest BCUT2D eigenvalue weighted by Gasteiger charge is 2.38. The lowest BCUT2D eigenvalue weighted by Crippen LogP contribution is -2.44. The molecule has 3 fully saturated rings. The molecular weight excluding hydrogens is 364 g/mol. The van der Waals surface area contributed by atoms with E-state index in [9.17, 15) is 9.59 Å². The Balaban J connectivity index is 1.11. The van der Waals surface area contributed by atoms with Crippen molar-refractivity contribution in [3.63, 3.8) is 0 Å². The SMILES string of the molecule is O=C(O[C@@H]1CCN(Cc2ccc3c(c2)CCC3)C1)[C@H]1CCCN(C(=O)C2CC2)C1. The number of likely N-dealkylation sites (tertiary alicyclic amines) is 2. The van der Waals surface area contributed by atoms with Crippen LogP contribution in [0.2, 0.25) is 0 Å². The molecule has 0 aromatic heterocycles. The normalized spacial score (nSPS) is 27.1. The molecule has 0 spiro atoms. The van der Waals surface area contributed by atoms with E-state index in [1.165, 1.54) is 36.0 Å². The van der Waals surface area contributed by atoms with Crippen LogP contribution in [0.1, 0.15) is 55.2 Å². The van der Waals surface area contributed by atoms with Gasteiger partial charge < -0.3 is 9.64 Å². The number of carbonyl (C=O) groups is 2. The molecule has 2 aliphatic heterocycles. The van der Waals surface area contributed by atoms with Gasteiger partial charge in [0.15, 0.2) is 0 Å². The predicted molar refractivity (Wildman–Crippen MR) is 110 cm³/mol. The number of carbonyl (C=O) groups excluding carboxylic acids is 2. The Hall–Kier alpha value is -1.88. The molecule has 4 aliphatic rings. The molecule has 1 saturated carbocycles. The molecule has 2 heterocycles. The minimum atomic E-state index is -0.141. The summed E-state index contributed by atoms with van der Waals surface area (Å²) in [6.07, 6.45) is 8.42. The summed E-state index contributed by atoms with van der Waals surface area (Å²) in [7, 11) is 0. The van der Waals surface area contributed by atoms with Crippen LogP contribution in [-0.2, 0) is 33.7 Å². The highest BCUT2D eigenvalue weighted by Crippen LogP contribution is 2.33. The third-order valence-corrected chi connectivity index (χ3v) is 7.07. The first-order valence-corrected chi connectivity index (χ1v) is 11.5. The van der Waals surface area contributed by atoms with Crippen LogP contribution in [0, 0.1) is 11.8 Å². The van der Waals surface area contributed by atoms with Gasteiger partial charge in [-0.1, -0.05) is 18.2 Å². The summed E-state index contributed by atoms with van der Waals surface area (Å²) in [6.45, 7) is 4.09. The van der Waals surface area contributed by atoms with Crippen molar-refractivity contribution in [2.45, 2.75) is 64.0 Å². The Kier molecular flexibility index (Phi) is 5.33. The van der Waals surface area contributed by atoms with E-state index in [-0.39, 0.29) is 29.8 Å². The average molecular weight is 397 g/mol. The second kappa shape index (κ2) is 8.10. The maximum absolute atomic E-state index is 12.7. The molecule has 5 heteroatoms. The summed E-state index contributed by atoms with van der Waals surface area (Å²) in [5.41, 5.74) is 4.41. The zero-order valence-corrected chi connectivity index (χ0v) is 17.3. The van der Waals surface area contributed by atoms with Gasteiger partial charge in [-0.05, 0) is 68.1 Å². The first-order chi connectivity index (χ1) is 14.2. The van der Waals surface area contributed by atoms with Crippen molar-refractivity contribution in [3.8, 4) is 0 Å². The van der Waals surface area contributed by atoms with E-state index in [1.54, 1.807) is 0 Å². The van der Waals surface area contributed by atoms with E-state index in [2.05, 4.69) is 23.1 Å². The van der Waals surface area contributed by atoms with Crippen molar-refractivity contribution in [1.82, 2.24) is 9.80 Å². The molecule has 1 amide bonds. The van der Waals surface area contributed by atoms with E-state index in [0.717, 1.165) is 58.3 Å². The topological polar surface area (TPSA) is 49.9 Å². The van der Waals surface area contributed by atoms with E-state index in [4.69, 9.17) is 4.74 Å². The zero-order valence-electron chi connectivity index (χ0n) is 17.3. The molecule has 2 atom stereocenters. The Morgan fingerprint density at radius 1 is 0.931 bits per heavy atom. The lowest BCUT2D eigenvalue weighted by Gasteiger charge is -2.32. The van der Waals surface area contributed by atoms with Crippen LogP contribution < -0.4 is 0 Å². The largest absolute Gasteiger partial charge is 0.461 e. The van der Waals surface area contributed by atoms with Crippen molar-refractivity contribution < 1.29 is 14.3 Å². The smallest absolute Gasteiger partial charge is 0.311 e. The minimum Gasteiger partial charge on any atom is -0.461 e. The van der Waals surface area contributed by atoms with Crippen LogP contribution in [-0.4, -0.2) is 54.0 Å². The van der Waals surface area contributed by atoms with Crippen LogP contribution in [0.25, 0.3) is 0 Å². The molecule has 0 bridgehead atoms. The van der Waals surface area contributed by atoms with Crippen LogP contribution >= 0.6 is 0 Å². The first-order valence-electron chi connectivity index (χ1n) is 11.5. The number of rotatable bonds is 5. The van der Waals surface area contributed by atoms with Crippen LogP contribution in [0.5, 0.6) is 0 Å². The number of hydrogen-bond donors (Lipinski definition) is 0. The van der Waals surface area contributed by atoms with E-state index < -0.39 is 0 Å². The average Bonchev–Trinajstić information content (AvgIpc) is 3.33. The predicted octanol–water partition coefficient (Wildman–Crippen LogP) is 2.94. The van der Waals surface area contributed by atoms with Gasteiger partial charge in [0.05, 0.1) is 5.92 Å². The molecule has 1 aromatic rings. The Morgan fingerprint density at radius 2 is 1.79 bits per heavy atom. The number of fused-ring (bicyclic) bond motifs is 1. The molecule has 0 N–H and O–H groups in total. The number of ether oxygens (including phenoxy) is 1. The van der Waals surface area contributed by atoms with Crippen LogP contribution in [0.4, 0.5) is 0 Å². The van der Waals surface area contributed by atoms with Crippen LogP contribution in [0.3, 0.4) is 0 Å². The van der Waals surface area contributed by atoms with Gasteiger partial charge in [-0.15, -0.1) is 0 Å². The molecule has 0 radical (unpaired) electrons. The molecule has 5 rings (SSSR count). The Labute approximate surface area is 173 Å². The molecule has 1 aromatic carbocycles. The number of esters is 1. The van der Waals surface area contributed by atoms with Crippen molar-refractivity contribution in [3.05, 3.63) is 34.9 Å². The van der Waals surface area contributed by atoms with Crippen molar-refractivity contribution >= 4 is 11.9 Å². The lowest BCUT2D eigenvalue weighted by atomic mass is 9.97. The molecule has 2 aliphatic carbocycles. The minimum absolute atomic E-state index is 0.00793. The van der Waals surface area contributed by atoms with Gasteiger partial charge in [0.25, 0.3) is 0 Å². The van der Waals surface area contributed by atoms with Crippen molar-refractivity contribution in [2.24, 2.45) is 11.8 Å². The summed E-state index contributed by atoms with van der Waals surface area (Å²) >= 11 is 0. The Morgan fingerprint density at radius 3 is 2.66 bits per heavy atom. The van der Waals surface area contributed by atoms with Crippen molar-refractivity contribution in [2.75, 3.05) is 26.2 Å². The quantitative estimate of drug-likeness (QED) is 0.718. The van der Waals surface area contributed by atoms with Gasteiger partial charge in [0.1, 0.15) is 6.10 Å². The summed E-state index contributed by atoms with van der Waals surface area (Å²) in [5, 5.41) is 0. The van der Waals surface area contributed by atoms with E-state index in [0.29, 0.717) is 6.54 Å². The highest BCUT2D eigenvalue weighted by molar-refractivity contribution is 5.82. The standard InChI is InChI=1S/C24H32N2O3/c27-23(19-8-9-19)26-11-2-5-21(15-26)24(28)29-22-10-12-25(16-22)14-17-6-7-18-3-1-4-20(18)13-17/h6-7,13,19,21-22H,1-5,8-12,14-16H2/t21-,22+/m0/s1. The summed E-state index contributed by atoms with van der Waals surface area (Å²) in [6, 6.07) is 6.93. The fourth-order valence-electron chi connectivity index (χ4n) is 5.24. The summed E-state index contributed by atoms with van der Waals surface area (Å²) < 4.78 is 5.88. The molecular formula is C24H32N2O3. The first kappa shape index (κ1) is 19.1. The maximum Gasteiger partial charge on any atom is 0.311 e. The fraction of sp³-hybridized carbons (Fsp3) is 0.667. The lowest BCUT2D eigenvalue weighted by molar-refractivity contribution is -0.156. The molecule has 156 valence electrons. The fourth-order valence-corrected chi connectivity index (χ4v) is 5.24. The third kappa shape index (κ3) is 4.35. The maximum atomic E-state index is 12.7. The monoisotopic (exact) mass is 396 g/mol. The highest BCUT2D eigenvalue weighted by atomic mass is 16.5. The van der Waals surface area contributed by atoms with Gasteiger partial charge in [-0.2, -0.15) is 0 Å². The molecule has 2 saturated heterocycles. The number of amides is 1. The molecule has 5 nitrogen and oxygen atoms in total. The number of nitrogens with zero attached hydrogens (tertiary/aromatic N) is 2. The number of piperidine rings is 1. The molecule has 29 heavy (non-hydrogen) atoms. The zero-order chi connectivity index (χ0) is 19.8. The number of benzene rings is 1. The van der Waals surface area contributed by atoms with Crippen LogP contribution in [0.15, 0.2) is 18.2 Å².